The van der Waals surface area contributed by atoms with E-state index in [-0.39, 0.29) is 17.2 Å². The molecule has 1 N–H and O–H groups in total. The van der Waals surface area contributed by atoms with E-state index >= 15 is 0 Å². The van der Waals surface area contributed by atoms with Crippen LogP contribution in [0, 0.1) is 0 Å². The lowest BCUT2D eigenvalue weighted by Crippen LogP contribution is -2.38. The highest BCUT2D eigenvalue weighted by atomic mass is 32.2. The van der Waals surface area contributed by atoms with Gasteiger partial charge in [0.05, 0.1) is 6.61 Å². The number of amides is 1. The Labute approximate surface area is 136 Å². The van der Waals surface area contributed by atoms with Crippen LogP contribution < -0.4 is 5.32 Å². The van der Waals surface area contributed by atoms with Crippen LogP contribution in [0.5, 0.6) is 0 Å². The van der Waals surface area contributed by atoms with Crippen LogP contribution in [0.3, 0.4) is 0 Å². The van der Waals surface area contributed by atoms with Crippen molar-refractivity contribution in [3.63, 3.8) is 0 Å². The molecule has 0 aliphatic rings. The first kappa shape index (κ1) is 16.6. The molecule has 116 valence electrons. The molecule has 4 heteroatoms. The molecule has 2 atom stereocenters. The zero-order valence-electron chi connectivity index (χ0n) is 12.9. The molecule has 22 heavy (non-hydrogen) atoms. The molecule has 0 fully saturated rings. The first-order valence-electron chi connectivity index (χ1n) is 7.26. The number of carbonyl (C=O) groups is 1. The zero-order valence-corrected chi connectivity index (χ0v) is 13.7. The van der Waals surface area contributed by atoms with E-state index in [4.69, 9.17) is 4.74 Å². The maximum atomic E-state index is 12.6. The minimum Gasteiger partial charge on any atom is -0.383 e. The fourth-order valence-corrected chi connectivity index (χ4v) is 3.20. The second-order valence-electron chi connectivity index (χ2n) is 5.09. The fraction of sp³-hybridized carbons (Fsp3) is 0.278. The number of benzene rings is 2. The predicted octanol–water partition coefficient (Wildman–Crippen LogP) is 3.67. The van der Waals surface area contributed by atoms with Gasteiger partial charge in [0.1, 0.15) is 5.25 Å². The Morgan fingerprint density at radius 1 is 1.09 bits per heavy atom. The van der Waals surface area contributed by atoms with Crippen molar-refractivity contribution in [3.8, 4) is 0 Å². The molecule has 0 radical (unpaired) electrons. The Bertz CT molecular complexity index is 574. The second kappa shape index (κ2) is 8.61. The van der Waals surface area contributed by atoms with E-state index in [0.29, 0.717) is 6.61 Å². The Balaban J connectivity index is 2.16. The molecule has 2 aromatic rings. The van der Waals surface area contributed by atoms with E-state index in [0.717, 1.165) is 10.5 Å². The lowest BCUT2D eigenvalue weighted by Gasteiger charge is -2.20. The van der Waals surface area contributed by atoms with E-state index in [2.05, 4.69) is 5.32 Å². The van der Waals surface area contributed by atoms with Crippen LogP contribution in [0.1, 0.15) is 17.7 Å². The van der Waals surface area contributed by atoms with Gasteiger partial charge in [-0.25, -0.2) is 0 Å². The van der Waals surface area contributed by atoms with Gasteiger partial charge in [-0.05, 0) is 24.6 Å². The number of rotatable bonds is 7. The summed E-state index contributed by atoms with van der Waals surface area (Å²) in [7, 11) is 1.63. The number of methoxy groups -OCH3 is 1. The van der Waals surface area contributed by atoms with Crippen molar-refractivity contribution >= 4 is 17.7 Å². The average Bonchev–Trinajstić information content (AvgIpc) is 2.54. The van der Waals surface area contributed by atoms with Gasteiger partial charge in [-0.3, -0.25) is 4.79 Å². The molecule has 2 aromatic carbocycles. The molecule has 0 aliphatic carbocycles. The molecule has 0 saturated carbocycles. The van der Waals surface area contributed by atoms with Crippen molar-refractivity contribution in [2.75, 3.05) is 13.7 Å². The third kappa shape index (κ3) is 4.90. The fourth-order valence-electron chi connectivity index (χ4n) is 2.15. The summed E-state index contributed by atoms with van der Waals surface area (Å²) in [5, 5.41) is 2.74. The summed E-state index contributed by atoms with van der Waals surface area (Å²) in [5.41, 5.74) is 0.999. The van der Waals surface area contributed by atoms with Gasteiger partial charge in [0.25, 0.3) is 0 Å². The largest absolute Gasteiger partial charge is 0.383 e. The molecular weight excluding hydrogens is 294 g/mol. The molecule has 3 nitrogen and oxygen atoms in total. The number of hydrogen-bond donors (Lipinski definition) is 1. The third-order valence-corrected chi connectivity index (χ3v) is 4.41. The molecule has 0 aliphatic heterocycles. The minimum atomic E-state index is -0.275. The summed E-state index contributed by atoms with van der Waals surface area (Å²) in [4.78, 5) is 13.7. The van der Waals surface area contributed by atoms with Crippen molar-refractivity contribution in [3.05, 3.63) is 66.2 Å². The van der Waals surface area contributed by atoms with Crippen molar-refractivity contribution in [1.82, 2.24) is 5.32 Å². The average molecular weight is 315 g/mol. The van der Waals surface area contributed by atoms with Crippen LogP contribution in [0.4, 0.5) is 0 Å². The monoisotopic (exact) mass is 315 g/mol. The normalized spacial score (nSPS) is 13.4. The van der Waals surface area contributed by atoms with Gasteiger partial charge >= 0.3 is 0 Å². The van der Waals surface area contributed by atoms with Crippen LogP contribution >= 0.6 is 11.8 Å². The first-order valence-corrected chi connectivity index (χ1v) is 8.14. The predicted molar refractivity (Wildman–Crippen MR) is 91.0 cm³/mol. The van der Waals surface area contributed by atoms with Crippen molar-refractivity contribution in [1.29, 1.82) is 0 Å². The Hall–Kier alpha value is -1.78. The molecule has 0 aromatic heterocycles. The molecule has 0 saturated heterocycles. The van der Waals surface area contributed by atoms with Gasteiger partial charge in [0.15, 0.2) is 0 Å². The van der Waals surface area contributed by atoms with Crippen molar-refractivity contribution in [2.24, 2.45) is 0 Å². The maximum Gasteiger partial charge on any atom is 0.238 e. The van der Waals surface area contributed by atoms with Crippen molar-refractivity contribution in [2.45, 2.75) is 23.1 Å². The van der Waals surface area contributed by atoms with Crippen molar-refractivity contribution < 1.29 is 9.53 Å². The Kier molecular flexibility index (Phi) is 6.49. The standard InChI is InChI=1S/C18H21NO2S/c1-14(13-21-2)19-18(20)17(15-9-5-3-6-10-15)22-16-11-7-4-8-12-16/h3-12,14,17H,13H2,1-2H3,(H,19,20). The maximum absolute atomic E-state index is 12.6. The van der Waals surface area contributed by atoms with Crippen LogP contribution in [-0.4, -0.2) is 25.7 Å². The highest BCUT2D eigenvalue weighted by Gasteiger charge is 2.23. The van der Waals surface area contributed by atoms with Gasteiger partial charge < -0.3 is 10.1 Å². The van der Waals surface area contributed by atoms with Gasteiger partial charge in [0.2, 0.25) is 5.91 Å². The summed E-state index contributed by atoms with van der Waals surface area (Å²) in [5.74, 6) is 0.00426. The second-order valence-corrected chi connectivity index (χ2v) is 6.27. The van der Waals surface area contributed by atoms with E-state index in [1.54, 1.807) is 18.9 Å². The quantitative estimate of drug-likeness (QED) is 0.792. The van der Waals surface area contributed by atoms with E-state index in [9.17, 15) is 4.79 Å². The van der Waals surface area contributed by atoms with Gasteiger partial charge in [0, 0.05) is 18.0 Å². The van der Waals surface area contributed by atoms with Crippen LogP contribution in [0.15, 0.2) is 65.6 Å². The SMILES string of the molecule is COCC(C)NC(=O)C(Sc1ccccc1)c1ccccc1. The van der Waals surface area contributed by atoms with E-state index in [1.807, 2.05) is 67.6 Å². The van der Waals surface area contributed by atoms with Crippen LogP contribution in [-0.2, 0) is 9.53 Å². The number of ether oxygens (including phenoxy) is 1. The number of carbonyl (C=O) groups excluding carboxylic acids is 1. The summed E-state index contributed by atoms with van der Waals surface area (Å²) < 4.78 is 5.09. The zero-order chi connectivity index (χ0) is 15.8. The van der Waals surface area contributed by atoms with Gasteiger partial charge in [-0.15, -0.1) is 11.8 Å². The van der Waals surface area contributed by atoms with Crippen LogP contribution in [0.25, 0.3) is 0 Å². The number of thioether (sulfide) groups is 1. The smallest absolute Gasteiger partial charge is 0.238 e. The third-order valence-electron chi connectivity index (χ3n) is 3.14. The highest BCUT2D eigenvalue weighted by molar-refractivity contribution is 8.00. The molecule has 1 amide bonds. The summed E-state index contributed by atoms with van der Waals surface area (Å²) in [6, 6.07) is 19.8. The Morgan fingerprint density at radius 3 is 2.27 bits per heavy atom. The highest BCUT2D eigenvalue weighted by Crippen LogP contribution is 2.35. The number of nitrogens with one attached hydrogen (secondary N) is 1. The lowest BCUT2D eigenvalue weighted by molar-refractivity contribution is -0.121. The summed E-state index contributed by atoms with van der Waals surface area (Å²) in [6.07, 6.45) is 0. The van der Waals surface area contributed by atoms with Crippen LogP contribution in [0.2, 0.25) is 0 Å². The van der Waals surface area contributed by atoms with E-state index < -0.39 is 0 Å². The van der Waals surface area contributed by atoms with Gasteiger partial charge in [-0.1, -0.05) is 48.5 Å². The molecule has 0 spiro atoms. The summed E-state index contributed by atoms with van der Waals surface area (Å²) in [6.45, 7) is 2.44. The van der Waals surface area contributed by atoms with Gasteiger partial charge in [-0.2, -0.15) is 0 Å². The molecule has 2 rings (SSSR count). The summed E-state index contributed by atoms with van der Waals surface area (Å²) >= 11 is 1.56. The topological polar surface area (TPSA) is 38.3 Å². The lowest BCUT2D eigenvalue weighted by atomic mass is 10.1. The number of hydrogen-bond acceptors (Lipinski definition) is 3. The molecule has 0 heterocycles. The first-order chi connectivity index (χ1) is 10.7. The molecule has 2 unspecified atom stereocenters. The molecule has 0 bridgehead atoms. The Morgan fingerprint density at radius 2 is 1.68 bits per heavy atom. The molecular formula is C18H21NO2S. The van der Waals surface area contributed by atoms with E-state index in [1.165, 1.54) is 0 Å². The minimum absolute atomic E-state index is 0.00426.